The zero-order valence-electron chi connectivity index (χ0n) is 20.5. The minimum absolute atomic E-state index is 0.000623. The SMILES string of the molecule is O=C1C[C@H](c2ccc(O)cc2)Oc2c1c(O)cc(O)c2-c1c(O)cc2oc(-c3ccc(O)cc3)cc(=O)c2c1O. The standard InChI is InChI=1S/C30H20O10/c31-15-5-1-13(2-6-15)22-11-20(36)26-24(39-22)12-21(37)27(29(26)38)28-18(34)9-17(33)25-19(35)10-23(40-30(25)28)14-3-7-16(32)8-4-14/h1-9,11-12,23,31-34,37-38H,10H2/t23-/m1/s1. The van der Waals surface area contributed by atoms with E-state index in [2.05, 4.69) is 0 Å². The second-order valence-electron chi connectivity index (χ2n) is 9.33. The first kappa shape index (κ1) is 24.7. The molecule has 1 atom stereocenters. The molecule has 1 aromatic heterocycles. The number of rotatable bonds is 3. The average Bonchev–Trinajstić information content (AvgIpc) is 2.90. The van der Waals surface area contributed by atoms with Crippen LogP contribution in [0, 0.1) is 0 Å². The molecule has 0 saturated carbocycles. The van der Waals surface area contributed by atoms with Gasteiger partial charge in [-0.2, -0.15) is 0 Å². The number of hydrogen-bond acceptors (Lipinski definition) is 10. The summed E-state index contributed by atoms with van der Waals surface area (Å²) in [5, 5.41) is 62.4. The highest BCUT2D eigenvalue weighted by atomic mass is 16.5. The summed E-state index contributed by atoms with van der Waals surface area (Å²) in [6.45, 7) is 0. The van der Waals surface area contributed by atoms with Crippen molar-refractivity contribution in [3.8, 4) is 62.7 Å². The molecule has 6 N–H and O–H groups in total. The number of aromatic hydroxyl groups is 6. The van der Waals surface area contributed by atoms with E-state index >= 15 is 0 Å². The Hall–Kier alpha value is -5.64. The number of phenolic OH excluding ortho intramolecular Hbond substituents is 6. The third kappa shape index (κ3) is 3.90. The van der Waals surface area contributed by atoms with Gasteiger partial charge in [0.05, 0.1) is 17.5 Å². The third-order valence-electron chi connectivity index (χ3n) is 6.79. The summed E-state index contributed by atoms with van der Waals surface area (Å²) in [4.78, 5) is 26.2. The van der Waals surface area contributed by atoms with E-state index in [1.54, 1.807) is 12.1 Å². The molecule has 0 amide bonds. The van der Waals surface area contributed by atoms with Crippen molar-refractivity contribution in [3.63, 3.8) is 0 Å². The van der Waals surface area contributed by atoms with Crippen molar-refractivity contribution >= 4 is 16.8 Å². The van der Waals surface area contributed by atoms with Gasteiger partial charge in [0.15, 0.2) is 11.2 Å². The molecular formula is C30H20O10. The number of carbonyl (C=O) groups excluding carboxylic acids is 1. The van der Waals surface area contributed by atoms with Gasteiger partial charge in [-0.15, -0.1) is 0 Å². The van der Waals surface area contributed by atoms with E-state index < -0.39 is 45.9 Å². The molecule has 0 radical (unpaired) electrons. The molecule has 1 aliphatic rings. The zero-order valence-corrected chi connectivity index (χ0v) is 20.5. The molecule has 1 aliphatic heterocycles. The zero-order chi connectivity index (χ0) is 28.3. The highest BCUT2D eigenvalue weighted by molar-refractivity contribution is 6.07. The van der Waals surface area contributed by atoms with Crippen LogP contribution in [0.4, 0.5) is 0 Å². The molecule has 0 bridgehead atoms. The highest BCUT2D eigenvalue weighted by Crippen LogP contribution is 2.54. The van der Waals surface area contributed by atoms with Crippen molar-refractivity contribution < 1.29 is 44.6 Å². The summed E-state index contributed by atoms with van der Waals surface area (Å²) in [5.41, 5.74) is -0.864. The molecule has 6 rings (SSSR count). The first-order chi connectivity index (χ1) is 19.1. The van der Waals surface area contributed by atoms with Gasteiger partial charge in [0.2, 0.25) is 0 Å². The predicted octanol–water partition coefficient (Wildman–Crippen LogP) is 5.07. The molecule has 5 aromatic rings. The molecule has 0 aliphatic carbocycles. The van der Waals surface area contributed by atoms with E-state index in [0.717, 1.165) is 18.2 Å². The van der Waals surface area contributed by atoms with Crippen LogP contribution in [0.3, 0.4) is 0 Å². The smallest absolute Gasteiger partial charge is 0.197 e. The Morgan fingerprint density at radius 1 is 0.675 bits per heavy atom. The van der Waals surface area contributed by atoms with E-state index in [9.17, 15) is 40.2 Å². The molecular weight excluding hydrogens is 520 g/mol. The van der Waals surface area contributed by atoms with Crippen LogP contribution in [0.5, 0.6) is 40.2 Å². The van der Waals surface area contributed by atoms with Gasteiger partial charge < -0.3 is 39.8 Å². The fraction of sp³-hybridized carbons (Fsp3) is 0.0667. The maximum Gasteiger partial charge on any atom is 0.197 e. The fourth-order valence-corrected chi connectivity index (χ4v) is 4.89. The van der Waals surface area contributed by atoms with Gasteiger partial charge in [0, 0.05) is 23.8 Å². The van der Waals surface area contributed by atoms with E-state index in [1.165, 1.54) is 36.4 Å². The third-order valence-corrected chi connectivity index (χ3v) is 6.79. The molecule has 10 nitrogen and oxygen atoms in total. The summed E-state index contributed by atoms with van der Waals surface area (Å²) in [6.07, 6.45) is -1.06. The van der Waals surface area contributed by atoms with Crippen molar-refractivity contribution in [2.75, 3.05) is 0 Å². The van der Waals surface area contributed by atoms with E-state index in [-0.39, 0.29) is 51.5 Å². The number of fused-ring (bicyclic) bond motifs is 2. The lowest BCUT2D eigenvalue weighted by Crippen LogP contribution is -2.21. The summed E-state index contributed by atoms with van der Waals surface area (Å²) in [6, 6.07) is 14.8. The van der Waals surface area contributed by atoms with Gasteiger partial charge in [-0.05, 0) is 42.0 Å². The van der Waals surface area contributed by atoms with Gasteiger partial charge in [0.25, 0.3) is 0 Å². The maximum atomic E-state index is 13.1. The molecule has 0 saturated heterocycles. The molecule has 40 heavy (non-hydrogen) atoms. The van der Waals surface area contributed by atoms with Crippen molar-refractivity contribution in [1.82, 2.24) is 0 Å². The van der Waals surface area contributed by atoms with Gasteiger partial charge in [0.1, 0.15) is 68.6 Å². The van der Waals surface area contributed by atoms with Gasteiger partial charge in [-0.3, -0.25) is 9.59 Å². The lowest BCUT2D eigenvalue weighted by molar-refractivity contribution is 0.0846. The van der Waals surface area contributed by atoms with Crippen LogP contribution in [-0.4, -0.2) is 36.4 Å². The Balaban J connectivity index is 1.56. The minimum atomic E-state index is -0.886. The second-order valence-corrected chi connectivity index (χ2v) is 9.33. The number of phenols is 6. The Labute approximate surface area is 224 Å². The van der Waals surface area contributed by atoms with Crippen LogP contribution < -0.4 is 10.2 Å². The summed E-state index contributed by atoms with van der Waals surface area (Å²) in [5.74, 6) is -3.27. The molecule has 10 heteroatoms. The topological polar surface area (TPSA) is 178 Å². The molecule has 2 heterocycles. The number of ether oxygens (including phenoxy) is 1. The Morgan fingerprint density at radius 3 is 1.95 bits per heavy atom. The lowest BCUT2D eigenvalue weighted by Gasteiger charge is -2.28. The largest absolute Gasteiger partial charge is 0.508 e. The van der Waals surface area contributed by atoms with Crippen LogP contribution in [-0.2, 0) is 0 Å². The molecule has 0 fully saturated rings. The summed E-state index contributed by atoms with van der Waals surface area (Å²) >= 11 is 0. The Morgan fingerprint density at radius 2 is 1.27 bits per heavy atom. The first-order valence-electron chi connectivity index (χ1n) is 12.0. The monoisotopic (exact) mass is 540 g/mol. The van der Waals surface area contributed by atoms with Crippen LogP contribution in [0.2, 0.25) is 0 Å². The first-order valence-corrected chi connectivity index (χ1v) is 12.0. The molecule has 0 spiro atoms. The van der Waals surface area contributed by atoms with Crippen molar-refractivity contribution in [2.45, 2.75) is 12.5 Å². The van der Waals surface area contributed by atoms with Gasteiger partial charge >= 0.3 is 0 Å². The molecule has 4 aromatic carbocycles. The number of carbonyl (C=O) groups is 1. The number of Topliss-reactive ketones (excluding diaryl/α,β-unsaturated/α-hetero) is 1. The van der Waals surface area contributed by atoms with Crippen LogP contribution >= 0.6 is 0 Å². The fourth-order valence-electron chi connectivity index (χ4n) is 4.89. The van der Waals surface area contributed by atoms with Crippen LogP contribution in [0.15, 0.2) is 75.9 Å². The quantitative estimate of drug-likeness (QED) is 0.181. The normalized spacial score (nSPS) is 14.6. The number of benzene rings is 4. The van der Waals surface area contributed by atoms with Crippen LogP contribution in [0.25, 0.3) is 33.4 Å². The van der Waals surface area contributed by atoms with Crippen LogP contribution in [0.1, 0.15) is 28.4 Å². The maximum absolute atomic E-state index is 13.1. The Bertz CT molecular complexity index is 1890. The summed E-state index contributed by atoms with van der Waals surface area (Å²) in [7, 11) is 0. The number of ketones is 1. The minimum Gasteiger partial charge on any atom is -0.508 e. The highest BCUT2D eigenvalue weighted by Gasteiger charge is 2.36. The van der Waals surface area contributed by atoms with E-state index in [0.29, 0.717) is 11.1 Å². The predicted molar refractivity (Wildman–Crippen MR) is 142 cm³/mol. The lowest BCUT2D eigenvalue weighted by atomic mass is 9.90. The number of hydrogen-bond donors (Lipinski definition) is 6. The molecule has 200 valence electrons. The van der Waals surface area contributed by atoms with E-state index in [1.807, 2.05) is 0 Å². The average molecular weight is 540 g/mol. The van der Waals surface area contributed by atoms with E-state index in [4.69, 9.17) is 9.15 Å². The summed E-state index contributed by atoms with van der Waals surface area (Å²) < 4.78 is 11.8. The van der Waals surface area contributed by atoms with Gasteiger partial charge in [-0.1, -0.05) is 12.1 Å². The van der Waals surface area contributed by atoms with Gasteiger partial charge in [-0.25, -0.2) is 0 Å². The molecule has 0 unspecified atom stereocenters. The second kappa shape index (κ2) is 8.98. The van der Waals surface area contributed by atoms with Crippen molar-refractivity contribution in [2.24, 2.45) is 0 Å². The Kier molecular flexibility index (Phi) is 5.54. The van der Waals surface area contributed by atoms with Crippen molar-refractivity contribution in [3.05, 3.63) is 88.1 Å². The van der Waals surface area contributed by atoms with Crippen molar-refractivity contribution in [1.29, 1.82) is 0 Å².